The normalized spacial score (nSPS) is 12.7. The number of ether oxygens (including phenoxy) is 3. The molecule has 0 fully saturated rings. The van der Waals surface area contributed by atoms with Crippen LogP contribution < -0.4 is 14.4 Å². The van der Waals surface area contributed by atoms with Gasteiger partial charge in [-0.25, -0.2) is 14.0 Å². The first-order chi connectivity index (χ1) is 20.2. The van der Waals surface area contributed by atoms with E-state index in [0.29, 0.717) is 51.3 Å². The van der Waals surface area contributed by atoms with Crippen molar-refractivity contribution >= 4 is 41.0 Å². The molecule has 42 heavy (non-hydrogen) atoms. The average Bonchev–Trinajstić information content (AvgIpc) is 3.32. The van der Waals surface area contributed by atoms with Gasteiger partial charge in [-0.2, -0.15) is 5.10 Å². The lowest BCUT2D eigenvalue weighted by molar-refractivity contribution is 0.0696. The third kappa shape index (κ3) is 6.45. The number of hydrogen-bond acceptors (Lipinski definition) is 6. The minimum atomic E-state index is -1.07. The van der Waals surface area contributed by atoms with E-state index in [2.05, 4.69) is 5.10 Å². The number of fused-ring (bicyclic) bond motifs is 1. The van der Waals surface area contributed by atoms with Crippen LogP contribution in [0, 0.1) is 12.7 Å². The van der Waals surface area contributed by atoms with Gasteiger partial charge in [-0.15, -0.1) is 0 Å². The second-order valence-corrected chi connectivity index (χ2v) is 10.3. The summed E-state index contributed by atoms with van der Waals surface area (Å²) >= 11 is 12.4. The van der Waals surface area contributed by atoms with Crippen molar-refractivity contribution in [3.63, 3.8) is 0 Å². The highest BCUT2D eigenvalue weighted by molar-refractivity contribution is 6.31. The van der Waals surface area contributed by atoms with Crippen LogP contribution >= 0.6 is 23.2 Å². The molecule has 0 unspecified atom stereocenters. The molecule has 0 saturated heterocycles. The fourth-order valence-corrected chi connectivity index (χ4v) is 4.89. The number of carboxylic acids is 1. The summed E-state index contributed by atoms with van der Waals surface area (Å²) in [5, 5.41) is 14.6. The second kappa shape index (κ2) is 12.7. The lowest BCUT2D eigenvalue weighted by Crippen LogP contribution is -2.33. The van der Waals surface area contributed by atoms with Crippen LogP contribution in [-0.2, 0) is 11.3 Å². The summed E-state index contributed by atoms with van der Waals surface area (Å²) < 4.78 is 33.6. The summed E-state index contributed by atoms with van der Waals surface area (Å²) in [6.45, 7) is 2.67. The van der Waals surface area contributed by atoms with E-state index in [4.69, 9.17) is 37.4 Å². The molecule has 1 aliphatic rings. The Kier molecular flexibility index (Phi) is 8.84. The zero-order valence-corrected chi connectivity index (χ0v) is 24.0. The number of benzene rings is 3. The maximum Gasteiger partial charge on any atom is 0.414 e. The van der Waals surface area contributed by atoms with Gasteiger partial charge in [-0.05, 0) is 55.3 Å². The summed E-state index contributed by atoms with van der Waals surface area (Å²) in [6.07, 6.45) is 3.05. The van der Waals surface area contributed by atoms with Crippen molar-refractivity contribution in [2.45, 2.75) is 19.9 Å². The smallest absolute Gasteiger partial charge is 0.414 e. The van der Waals surface area contributed by atoms with Crippen molar-refractivity contribution in [2.75, 3.05) is 31.3 Å². The molecule has 0 spiro atoms. The first-order valence-corrected chi connectivity index (χ1v) is 13.8. The van der Waals surface area contributed by atoms with E-state index >= 15 is 0 Å². The summed E-state index contributed by atoms with van der Waals surface area (Å²) in [5.41, 5.74) is 2.63. The van der Waals surface area contributed by atoms with Crippen LogP contribution in [0.3, 0.4) is 0 Å². The van der Waals surface area contributed by atoms with Crippen LogP contribution in [0.5, 0.6) is 11.5 Å². The molecule has 2 heterocycles. The molecule has 0 saturated carbocycles. The molecular weight excluding hydrogens is 588 g/mol. The van der Waals surface area contributed by atoms with Gasteiger partial charge < -0.3 is 19.3 Å². The van der Waals surface area contributed by atoms with Gasteiger partial charge in [0.25, 0.3) is 0 Å². The van der Waals surface area contributed by atoms with E-state index in [1.165, 1.54) is 41.4 Å². The van der Waals surface area contributed by atoms with Crippen LogP contribution in [-0.4, -0.2) is 53.3 Å². The molecule has 4 aromatic rings. The average molecular weight is 614 g/mol. The van der Waals surface area contributed by atoms with Gasteiger partial charge in [0.2, 0.25) is 0 Å². The van der Waals surface area contributed by atoms with Crippen molar-refractivity contribution in [2.24, 2.45) is 0 Å². The number of carbonyl (C=O) groups is 2. The Bertz CT molecular complexity index is 1640. The summed E-state index contributed by atoms with van der Waals surface area (Å²) in [4.78, 5) is 25.8. The highest BCUT2D eigenvalue weighted by atomic mass is 35.5. The Morgan fingerprint density at radius 3 is 2.76 bits per heavy atom. The molecule has 0 bridgehead atoms. The lowest BCUT2D eigenvalue weighted by Gasteiger charge is -2.22. The van der Waals surface area contributed by atoms with Crippen molar-refractivity contribution in [3.8, 4) is 22.6 Å². The van der Waals surface area contributed by atoms with Crippen LogP contribution in [0.4, 0.5) is 14.9 Å². The number of aromatic nitrogens is 2. The summed E-state index contributed by atoms with van der Waals surface area (Å²) in [7, 11) is 0. The van der Waals surface area contributed by atoms with Crippen molar-refractivity contribution < 1.29 is 33.3 Å². The van der Waals surface area contributed by atoms with Gasteiger partial charge >= 0.3 is 12.1 Å². The zero-order valence-electron chi connectivity index (χ0n) is 22.5. The minimum absolute atomic E-state index is 0.0297. The number of aromatic carboxylic acids is 1. The standard InChI is InChI=1S/C30H26Cl2FN3O6/c1-18-24(31)4-2-5-27(18)40-10-11-42-30(39)36-8-3-9-41-28-23(13-22(33)14-26(28)36)21-15-34-35(17-21)16-20-12-19(29(37)38)6-7-25(20)32/h2,4-7,12-15,17H,3,8-11,16H2,1H3,(H,37,38). The number of carbonyl (C=O) groups excluding carboxylic acids is 1. The van der Waals surface area contributed by atoms with E-state index in [1.54, 1.807) is 29.1 Å². The quantitative estimate of drug-likeness (QED) is 0.217. The Morgan fingerprint density at radius 2 is 1.95 bits per heavy atom. The van der Waals surface area contributed by atoms with Gasteiger partial charge in [0.05, 0.1) is 30.6 Å². The SMILES string of the molecule is Cc1c(Cl)cccc1OCCOC(=O)N1CCCOc2c(-c3cnn(Cc4cc(C(=O)O)ccc4Cl)c3)cc(F)cc21. The van der Waals surface area contributed by atoms with Gasteiger partial charge in [0, 0.05) is 45.5 Å². The Balaban J connectivity index is 1.33. The van der Waals surface area contributed by atoms with Crippen LogP contribution in [0.2, 0.25) is 10.0 Å². The molecule has 0 aliphatic carbocycles. The highest BCUT2D eigenvalue weighted by Crippen LogP contribution is 2.41. The molecule has 9 nitrogen and oxygen atoms in total. The molecule has 1 N–H and O–H groups in total. The van der Waals surface area contributed by atoms with Gasteiger partial charge in [0.1, 0.15) is 24.8 Å². The number of anilines is 1. The molecular formula is C30H26Cl2FN3O6. The van der Waals surface area contributed by atoms with Crippen LogP contribution in [0.15, 0.2) is 60.9 Å². The number of hydrogen-bond donors (Lipinski definition) is 1. The van der Waals surface area contributed by atoms with E-state index in [-0.39, 0.29) is 37.6 Å². The molecule has 3 aromatic carbocycles. The predicted molar refractivity (Wildman–Crippen MR) is 156 cm³/mol. The molecule has 0 radical (unpaired) electrons. The third-order valence-electron chi connectivity index (χ3n) is 6.67. The fraction of sp³-hybridized carbons (Fsp3) is 0.233. The van der Waals surface area contributed by atoms with E-state index < -0.39 is 17.9 Å². The summed E-state index contributed by atoms with van der Waals surface area (Å²) in [6, 6.07) is 12.3. The molecule has 12 heteroatoms. The number of carboxylic acid groups (broad SMARTS) is 1. The molecule has 1 aliphatic heterocycles. The van der Waals surface area contributed by atoms with Crippen molar-refractivity contribution in [1.82, 2.24) is 9.78 Å². The predicted octanol–water partition coefficient (Wildman–Crippen LogP) is 6.86. The monoisotopic (exact) mass is 613 g/mol. The molecule has 5 rings (SSSR count). The lowest BCUT2D eigenvalue weighted by atomic mass is 10.1. The van der Waals surface area contributed by atoms with Crippen LogP contribution in [0.1, 0.15) is 27.9 Å². The minimum Gasteiger partial charge on any atom is -0.491 e. The Morgan fingerprint density at radius 1 is 1.12 bits per heavy atom. The maximum atomic E-state index is 14.9. The maximum absolute atomic E-state index is 14.9. The topological polar surface area (TPSA) is 103 Å². The molecule has 218 valence electrons. The second-order valence-electron chi connectivity index (χ2n) is 9.52. The Labute approximate surface area is 250 Å². The Hall–Kier alpha value is -4.28. The van der Waals surface area contributed by atoms with Crippen molar-refractivity contribution in [1.29, 1.82) is 0 Å². The largest absolute Gasteiger partial charge is 0.491 e. The first kappa shape index (κ1) is 29.2. The zero-order chi connectivity index (χ0) is 29.8. The highest BCUT2D eigenvalue weighted by Gasteiger charge is 2.27. The number of rotatable bonds is 8. The molecule has 1 amide bonds. The number of nitrogens with zero attached hydrogens (tertiary/aromatic N) is 3. The van der Waals surface area contributed by atoms with Gasteiger partial charge in [0.15, 0.2) is 5.75 Å². The summed E-state index contributed by atoms with van der Waals surface area (Å²) in [5.74, 6) is -0.726. The third-order valence-corrected chi connectivity index (χ3v) is 7.45. The fourth-order valence-electron chi connectivity index (χ4n) is 4.55. The van der Waals surface area contributed by atoms with E-state index in [9.17, 15) is 19.1 Å². The van der Waals surface area contributed by atoms with Gasteiger partial charge in [-0.3, -0.25) is 9.58 Å². The van der Waals surface area contributed by atoms with E-state index in [0.717, 1.165) is 5.56 Å². The first-order valence-electron chi connectivity index (χ1n) is 13.0. The van der Waals surface area contributed by atoms with E-state index in [1.807, 2.05) is 6.92 Å². The number of amides is 1. The number of halogens is 3. The van der Waals surface area contributed by atoms with Crippen molar-refractivity contribution in [3.05, 3.63) is 93.5 Å². The van der Waals surface area contributed by atoms with Crippen LogP contribution in [0.25, 0.3) is 11.1 Å². The molecule has 0 atom stereocenters. The molecule has 1 aromatic heterocycles. The van der Waals surface area contributed by atoms with Gasteiger partial charge in [-0.1, -0.05) is 29.3 Å².